The van der Waals surface area contributed by atoms with Gasteiger partial charge in [-0.2, -0.15) is 5.10 Å². The van der Waals surface area contributed by atoms with Crippen LogP contribution in [-0.2, 0) is 18.3 Å². The summed E-state index contributed by atoms with van der Waals surface area (Å²) in [6.07, 6.45) is 4.45. The number of hydrogen-bond acceptors (Lipinski definition) is 6. The SMILES string of the molecule is Cc1cc(C(=O)N(CCCN2CCOCC2)Cc2ccncc2)c2c(C)nn(C)c2n1. The van der Waals surface area contributed by atoms with E-state index >= 15 is 0 Å². The Morgan fingerprint density at radius 3 is 2.68 bits per heavy atom. The van der Waals surface area contributed by atoms with Crippen LogP contribution in [0, 0.1) is 13.8 Å². The number of pyridine rings is 2. The zero-order chi connectivity index (χ0) is 21.8. The lowest BCUT2D eigenvalue weighted by atomic mass is 10.1. The minimum absolute atomic E-state index is 0.0189. The molecular weight excluding hydrogens is 392 g/mol. The molecule has 0 bridgehead atoms. The van der Waals surface area contributed by atoms with Crippen molar-refractivity contribution in [1.29, 1.82) is 0 Å². The highest BCUT2D eigenvalue weighted by atomic mass is 16.5. The largest absolute Gasteiger partial charge is 0.379 e. The van der Waals surface area contributed by atoms with E-state index in [9.17, 15) is 4.79 Å². The molecule has 3 aromatic heterocycles. The van der Waals surface area contributed by atoms with E-state index < -0.39 is 0 Å². The maximum Gasteiger partial charge on any atom is 0.255 e. The minimum Gasteiger partial charge on any atom is -0.379 e. The maximum atomic E-state index is 13.8. The number of hydrogen-bond donors (Lipinski definition) is 0. The zero-order valence-electron chi connectivity index (χ0n) is 18.5. The molecule has 0 atom stereocenters. The van der Waals surface area contributed by atoms with E-state index in [0.29, 0.717) is 18.7 Å². The quantitative estimate of drug-likeness (QED) is 0.582. The molecular formula is C23H30N6O2. The van der Waals surface area contributed by atoms with Gasteiger partial charge >= 0.3 is 0 Å². The Balaban J connectivity index is 1.59. The smallest absolute Gasteiger partial charge is 0.255 e. The second-order valence-electron chi connectivity index (χ2n) is 8.11. The number of fused-ring (bicyclic) bond motifs is 1. The Morgan fingerprint density at radius 2 is 1.94 bits per heavy atom. The summed E-state index contributed by atoms with van der Waals surface area (Å²) >= 11 is 0. The van der Waals surface area contributed by atoms with E-state index in [1.54, 1.807) is 17.1 Å². The van der Waals surface area contributed by atoms with Crippen molar-refractivity contribution in [1.82, 2.24) is 29.5 Å². The number of aromatic nitrogens is 4. The maximum absolute atomic E-state index is 13.8. The van der Waals surface area contributed by atoms with Gasteiger partial charge in [-0.3, -0.25) is 19.4 Å². The highest BCUT2D eigenvalue weighted by molar-refractivity contribution is 6.06. The summed E-state index contributed by atoms with van der Waals surface area (Å²) in [5, 5.41) is 5.34. The van der Waals surface area contributed by atoms with Gasteiger partial charge in [-0.05, 0) is 44.0 Å². The summed E-state index contributed by atoms with van der Waals surface area (Å²) in [5.74, 6) is 0.0189. The van der Waals surface area contributed by atoms with Crippen LogP contribution in [0.15, 0.2) is 30.6 Å². The Hall–Kier alpha value is -2.84. The third-order valence-electron chi connectivity index (χ3n) is 5.74. The van der Waals surface area contributed by atoms with E-state index in [0.717, 1.165) is 67.3 Å². The molecule has 31 heavy (non-hydrogen) atoms. The molecule has 1 saturated heterocycles. The van der Waals surface area contributed by atoms with Crippen LogP contribution in [0.1, 0.15) is 33.7 Å². The molecule has 3 aromatic rings. The average molecular weight is 423 g/mol. The second-order valence-corrected chi connectivity index (χ2v) is 8.11. The lowest BCUT2D eigenvalue weighted by molar-refractivity contribution is 0.0355. The van der Waals surface area contributed by atoms with Gasteiger partial charge in [0.1, 0.15) is 0 Å². The standard InChI is InChI=1S/C23H30N6O2/c1-17-15-20(21-18(2)26-27(3)22(21)25-17)23(30)29(16-19-5-7-24-8-6-19)10-4-9-28-11-13-31-14-12-28/h5-8,15H,4,9-14,16H2,1-3H3. The normalized spacial score (nSPS) is 14.8. The van der Waals surface area contributed by atoms with Gasteiger partial charge in [-0.25, -0.2) is 4.98 Å². The second kappa shape index (κ2) is 9.53. The number of aryl methyl sites for hydroxylation is 3. The average Bonchev–Trinajstić information content (AvgIpc) is 3.06. The van der Waals surface area contributed by atoms with E-state index in [-0.39, 0.29) is 5.91 Å². The lowest BCUT2D eigenvalue weighted by Crippen LogP contribution is -2.39. The van der Waals surface area contributed by atoms with E-state index in [4.69, 9.17) is 4.74 Å². The summed E-state index contributed by atoms with van der Waals surface area (Å²) in [6, 6.07) is 5.82. The molecule has 0 aromatic carbocycles. The van der Waals surface area contributed by atoms with Crippen LogP contribution in [-0.4, -0.2) is 74.8 Å². The van der Waals surface area contributed by atoms with Gasteiger partial charge in [-0.15, -0.1) is 0 Å². The predicted octanol–water partition coefficient (Wildman–Crippen LogP) is 2.34. The molecule has 0 spiro atoms. The monoisotopic (exact) mass is 422 g/mol. The van der Waals surface area contributed by atoms with Crippen molar-refractivity contribution in [2.24, 2.45) is 7.05 Å². The van der Waals surface area contributed by atoms with Crippen molar-refractivity contribution in [3.63, 3.8) is 0 Å². The van der Waals surface area contributed by atoms with E-state index in [2.05, 4.69) is 20.0 Å². The number of ether oxygens (including phenoxy) is 1. The number of rotatable bonds is 7. The molecule has 1 fully saturated rings. The Bertz CT molecular complexity index is 1040. The van der Waals surface area contributed by atoms with Gasteiger partial charge in [0.2, 0.25) is 0 Å². The fourth-order valence-electron chi connectivity index (χ4n) is 4.18. The van der Waals surface area contributed by atoms with Gasteiger partial charge in [-0.1, -0.05) is 0 Å². The molecule has 4 heterocycles. The number of nitrogens with zero attached hydrogens (tertiary/aromatic N) is 6. The molecule has 8 nitrogen and oxygen atoms in total. The van der Waals surface area contributed by atoms with Crippen LogP contribution in [0.5, 0.6) is 0 Å². The van der Waals surface area contributed by atoms with Crippen molar-refractivity contribution in [3.8, 4) is 0 Å². The molecule has 8 heteroatoms. The Morgan fingerprint density at radius 1 is 1.19 bits per heavy atom. The van der Waals surface area contributed by atoms with Crippen LogP contribution < -0.4 is 0 Å². The number of carbonyl (C=O) groups excluding carboxylic acids is 1. The van der Waals surface area contributed by atoms with Gasteiger partial charge in [0.25, 0.3) is 5.91 Å². The lowest BCUT2D eigenvalue weighted by Gasteiger charge is -2.28. The van der Waals surface area contributed by atoms with Gasteiger partial charge in [0.15, 0.2) is 5.65 Å². The third-order valence-corrected chi connectivity index (χ3v) is 5.74. The van der Waals surface area contributed by atoms with Crippen molar-refractivity contribution in [2.45, 2.75) is 26.8 Å². The fraction of sp³-hybridized carbons (Fsp3) is 0.478. The van der Waals surface area contributed by atoms with E-state index in [1.165, 1.54) is 0 Å². The first-order valence-electron chi connectivity index (χ1n) is 10.8. The zero-order valence-corrected chi connectivity index (χ0v) is 18.5. The number of carbonyl (C=O) groups is 1. The number of amides is 1. The molecule has 0 radical (unpaired) electrons. The van der Waals surface area contributed by atoms with Crippen LogP contribution in [0.25, 0.3) is 11.0 Å². The van der Waals surface area contributed by atoms with Gasteiger partial charge < -0.3 is 9.64 Å². The van der Waals surface area contributed by atoms with Gasteiger partial charge in [0.05, 0.1) is 29.9 Å². The molecule has 164 valence electrons. The first-order valence-corrected chi connectivity index (χ1v) is 10.8. The topological polar surface area (TPSA) is 76.4 Å². The van der Waals surface area contributed by atoms with Crippen LogP contribution in [0.4, 0.5) is 0 Å². The molecule has 0 aliphatic carbocycles. The highest BCUT2D eigenvalue weighted by Crippen LogP contribution is 2.24. The summed E-state index contributed by atoms with van der Waals surface area (Å²) < 4.78 is 7.19. The van der Waals surface area contributed by atoms with Crippen LogP contribution in [0.2, 0.25) is 0 Å². The molecule has 0 N–H and O–H groups in total. The van der Waals surface area contributed by atoms with E-state index in [1.807, 2.05) is 44.0 Å². The molecule has 1 amide bonds. The van der Waals surface area contributed by atoms with Crippen LogP contribution in [0.3, 0.4) is 0 Å². The highest BCUT2D eigenvalue weighted by Gasteiger charge is 2.23. The predicted molar refractivity (Wildman–Crippen MR) is 119 cm³/mol. The fourth-order valence-corrected chi connectivity index (χ4v) is 4.18. The Labute approximate surface area is 182 Å². The molecule has 1 aliphatic heterocycles. The summed E-state index contributed by atoms with van der Waals surface area (Å²) in [7, 11) is 1.87. The van der Waals surface area contributed by atoms with Gasteiger partial charge in [0, 0.05) is 57.9 Å². The summed E-state index contributed by atoms with van der Waals surface area (Å²) in [4.78, 5) is 26.8. The third kappa shape index (κ3) is 4.91. The first kappa shape index (κ1) is 21.4. The minimum atomic E-state index is 0.0189. The number of morpholine rings is 1. The summed E-state index contributed by atoms with van der Waals surface area (Å²) in [5.41, 5.74) is 4.13. The molecule has 0 saturated carbocycles. The molecule has 0 unspecified atom stereocenters. The Kier molecular flexibility index (Phi) is 6.58. The molecule has 1 aliphatic rings. The van der Waals surface area contributed by atoms with Crippen molar-refractivity contribution < 1.29 is 9.53 Å². The molecule has 4 rings (SSSR count). The first-order chi connectivity index (χ1) is 15.0. The van der Waals surface area contributed by atoms with Crippen LogP contribution >= 0.6 is 0 Å². The summed E-state index contributed by atoms with van der Waals surface area (Å²) in [6.45, 7) is 9.52. The van der Waals surface area contributed by atoms with Crippen molar-refractivity contribution in [2.75, 3.05) is 39.4 Å². The van der Waals surface area contributed by atoms with Crippen molar-refractivity contribution in [3.05, 3.63) is 53.1 Å². The van der Waals surface area contributed by atoms with Crippen molar-refractivity contribution >= 4 is 16.9 Å².